The molecule has 0 bridgehead atoms. The molecule has 0 nitrogen and oxygen atoms in total. The maximum atomic E-state index is 4.55. The van der Waals surface area contributed by atoms with Gasteiger partial charge in [0.1, 0.15) is 0 Å². The fourth-order valence-corrected chi connectivity index (χ4v) is 3.14. The molecule has 0 rings (SSSR count). The first-order chi connectivity index (χ1) is 10.3. The van der Waals surface area contributed by atoms with Gasteiger partial charge >= 0.3 is 0 Å². The van der Waals surface area contributed by atoms with Crippen LogP contribution in [0.3, 0.4) is 0 Å². The zero-order chi connectivity index (χ0) is 15.6. The van der Waals surface area contributed by atoms with Gasteiger partial charge in [-0.05, 0) is 12.8 Å². The Balaban J connectivity index is 2.96. The van der Waals surface area contributed by atoms with Crippen LogP contribution in [-0.4, -0.2) is 5.25 Å². The Bertz CT molecular complexity index is 179. The van der Waals surface area contributed by atoms with Gasteiger partial charge in [-0.25, -0.2) is 0 Å². The van der Waals surface area contributed by atoms with Crippen LogP contribution in [0.25, 0.3) is 0 Å². The smallest absolute Gasteiger partial charge is 0.00141 e. The summed E-state index contributed by atoms with van der Waals surface area (Å²) in [6.45, 7) is 4.53. The highest BCUT2D eigenvalue weighted by Gasteiger charge is 1.99. The van der Waals surface area contributed by atoms with Crippen LogP contribution in [0.2, 0.25) is 0 Å². The van der Waals surface area contributed by atoms with E-state index < -0.39 is 0 Å². The van der Waals surface area contributed by atoms with Crippen molar-refractivity contribution in [2.75, 3.05) is 0 Å². The molecule has 1 atom stereocenters. The molecule has 0 saturated heterocycles. The van der Waals surface area contributed by atoms with Gasteiger partial charge in [-0.1, -0.05) is 110 Å². The van der Waals surface area contributed by atoms with Gasteiger partial charge in [0.15, 0.2) is 0 Å². The average Bonchev–Trinajstić information content (AvgIpc) is 2.50. The van der Waals surface area contributed by atoms with E-state index in [9.17, 15) is 0 Å². The summed E-state index contributed by atoms with van der Waals surface area (Å²) in [7, 11) is 0. The van der Waals surface area contributed by atoms with Crippen LogP contribution < -0.4 is 0 Å². The van der Waals surface area contributed by atoms with Crippen LogP contribution in [0.4, 0.5) is 0 Å². The largest absolute Gasteiger partial charge is 0.176 e. The van der Waals surface area contributed by atoms with E-state index in [1.54, 1.807) is 0 Å². The molecule has 0 amide bonds. The van der Waals surface area contributed by atoms with E-state index in [-0.39, 0.29) is 0 Å². The lowest BCUT2D eigenvalue weighted by molar-refractivity contribution is 0.528. The summed E-state index contributed by atoms with van der Waals surface area (Å²) < 4.78 is 0. The fourth-order valence-electron chi connectivity index (χ4n) is 2.96. The highest BCUT2D eigenvalue weighted by atomic mass is 32.1. The molecule has 0 aromatic heterocycles. The van der Waals surface area contributed by atoms with Gasteiger partial charge in [0.25, 0.3) is 0 Å². The minimum absolute atomic E-state index is 0.645. The summed E-state index contributed by atoms with van der Waals surface area (Å²) in [5.41, 5.74) is 0. The average molecular weight is 315 g/mol. The first-order valence-electron chi connectivity index (χ1n) is 9.99. The van der Waals surface area contributed by atoms with Crippen molar-refractivity contribution in [2.45, 2.75) is 128 Å². The summed E-state index contributed by atoms with van der Waals surface area (Å²) in [6.07, 6.45) is 24.3. The van der Waals surface area contributed by atoms with Gasteiger partial charge in [0, 0.05) is 5.25 Å². The maximum Gasteiger partial charge on any atom is 0.00141 e. The lowest BCUT2D eigenvalue weighted by atomic mass is 10.0. The Hall–Kier alpha value is 0.350. The molecule has 128 valence electrons. The third-order valence-electron chi connectivity index (χ3n) is 4.61. The second-order valence-electron chi connectivity index (χ2n) is 6.80. The van der Waals surface area contributed by atoms with Crippen molar-refractivity contribution < 1.29 is 0 Å². The molecule has 0 heterocycles. The molecule has 0 aromatic rings. The molecule has 0 spiro atoms. The molecule has 0 fully saturated rings. The Morgan fingerprint density at radius 3 is 1.19 bits per heavy atom. The number of unbranched alkanes of at least 4 members (excludes halogenated alkanes) is 14. The van der Waals surface area contributed by atoms with Crippen LogP contribution >= 0.6 is 12.6 Å². The van der Waals surface area contributed by atoms with Crippen LogP contribution in [0.15, 0.2) is 0 Å². The Kier molecular flexibility index (Phi) is 18.7. The zero-order valence-electron chi connectivity index (χ0n) is 15.0. The summed E-state index contributed by atoms with van der Waals surface area (Å²) in [5, 5.41) is 0.645. The molecule has 0 saturated carbocycles. The number of hydrogen-bond acceptors (Lipinski definition) is 1. The second kappa shape index (κ2) is 18.4. The summed E-state index contributed by atoms with van der Waals surface area (Å²) in [4.78, 5) is 0. The van der Waals surface area contributed by atoms with Gasteiger partial charge in [-0.2, -0.15) is 12.6 Å². The Morgan fingerprint density at radius 1 is 0.524 bits per heavy atom. The Morgan fingerprint density at radius 2 is 0.857 bits per heavy atom. The zero-order valence-corrected chi connectivity index (χ0v) is 15.9. The number of thiol groups is 1. The van der Waals surface area contributed by atoms with Crippen molar-refractivity contribution in [3.05, 3.63) is 0 Å². The maximum absolute atomic E-state index is 4.55. The number of rotatable bonds is 17. The second-order valence-corrected chi connectivity index (χ2v) is 7.53. The Labute approximate surface area is 141 Å². The van der Waals surface area contributed by atoms with E-state index in [0.717, 1.165) is 0 Å². The number of hydrogen-bond donors (Lipinski definition) is 1. The third-order valence-corrected chi connectivity index (χ3v) is 5.24. The van der Waals surface area contributed by atoms with E-state index in [0.29, 0.717) is 5.25 Å². The molecular weight excluding hydrogens is 272 g/mol. The van der Waals surface area contributed by atoms with Crippen LogP contribution in [-0.2, 0) is 0 Å². The van der Waals surface area contributed by atoms with Crippen molar-refractivity contribution in [3.8, 4) is 0 Å². The van der Waals surface area contributed by atoms with Gasteiger partial charge in [0.2, 0.25) is 0 Å². The van der Waals surface area contributed by atoms with Crippen molar-refractivity contribution in [1.29, 1.82) is 0 Å². The van der Waals surface area contributed by atoms with Crippen molar-refractivity contribution in [1.82, 2.24) is 0 Å². The predicted molar refractivity (Wildman–Crippen MR) is 103 cm³/mol. The van der Waals surface area contributed by atoms with Gasteiger partial charge in [-0.3, -0.25) is 0 Å². The molecule has 0 aromatic carbocycles. The molecule has 0 aliphatic heterocycles. The van der Waals surface area contributed by atoms with E-state index in [1.807, 2.05) is 0 Å². The van der Waals surface area contributed by atoms with Gasteiger partial charge in [0.05, 0.1) is 0 Å². The van der Waals surface area contributed by atoms with Crippen LogP contribution in [0.1, 0.15) is 123 Å². The first-order valence-corrected chi connectivity index (χ1v) is 10.5. The molecule has 1 heteroatoms. The molecule has 0 radical (unpaired) electrons. The monoisotopic (exact) mass is 314 g/mol. The lowest BCUT2D eigenvalue weighted by Gasteiger charge is -2.06. The predicted octanol–water partition coefficient (Wildman–Crippen LogP) is 7.96. The summed E-state index contributed by atoms with van der Waals surface area (Å²) >= 11 is 4.55. The summed E-state index contributed by atoms with van der Waals surface area (Å²) in [5.74, 6) is 0. The minimum Gasteiger partial charge on any atom is -0.176 e. The molecule has 0 N–H and O–H groups in total. The highest BCUT2D eigenvalue weighted by molar-refractivity contribution is 7.80. The van der Waals surface area contributed by atoms with Crippen LogP contribution in [0, 0.1) is 0 Å². The van der Waals surface area contributed by atoms with Crippen LogP contribution in [0.5, 0.6) is 0 Å². The van der Waals surface area contributed by atoms with E-state index in [4.69, 9.17) is 0 Å². The normalized spacial score (nSPS) is 12.7. The molecular formula is C20H42S. The molecule has 0 aliphatic carbocycles. The SMILES string of the molecule is CCCCCCCCCCCCCCCCC[C@H](S)CC. The highest BCUT2D eigenvalue weighted by Crippen LogP contribution is 2.15. The minimum atomic E-state index is 0.645. The van der Waals surface area contributed by atoms with Gasteiger partial charge in [-0.15, -0.1) is 0 Å². The molecule has 0 aliphatic rings. The van der Waals surface area contributed by atoms with Crippen molar-refractivity contribution in [2.24, 2.45) is 0 Å². The van der Waals surface area contributed by atoms with Crippen molar-refractivity contribution in [3.63, 3.8) is 0 Å². The van der Waals surface area contributed by atoms with Crippen molar-refractivity contribution >= 4 is 12.6 Å². The third kappa shape index (κ3) is 18.3. The van der Waals surface area contributed by atoms with Gasteiger partial charge < -0.3 is 0 Å². The topological polar surface area (TPSA) is 0 Å². The fraction of sp³-hybridized carbons (Fsp3) is 1.00. The van der Waals surface area contributed by atoms with E-state index in [1.165, 1.54) is 109 Å². The molecule has 0 unspecified atom stereocenters. The van der Waals surface area contributed by atoms with E-state index in [2.05, 4.69) is 26.5 Å². The first kappa shape index (κ1) is 21.4. The summed E-state index contributed by atoms with van der Waals surface area (Å²) in [6, 6.07) is 0. The standard InChI is InChI=1S/C20H42S/c1-3-5-6-7-8-9-10-11-12-13-14-15-16-17-18-19-20(21)4-2/h20-21H,3-19H2,1-2H3/t20-/m1/s1. The molecule has 21 heavy (non-hydrogen) atoms. The van der Waals surface area contributed by atoms with E-state index >= 15 is 0 Å². The quantitative estimate of drug-likeness (QED) is 0.204. The lowest BCUT2D eigenvalue weighted by Crippen LogP contribution is -1.95.